The van der Waals surface area contributed by atoms with Crippen LogP contribution in [0.15, 0.2) is 162 Å². The molecule has 2 heteroatoms. The number of nitrogens with zero attached hydrogens (tertiary/aromatic N) is 1. The van der Waals surface area contributed by atoms with Gasteiger partial charge in [-0.2, -0.15) is 0 Å². The first-order valence-electron chi connectivity index (χ1n) is 15.2. The van der Waals surface area contributed by atoms with E-state index < -0.39 is 5.41 Å². The Kier molecular flexibility index (Phi) is 5.36. The summed E-state index contributed by atoms with van der Waals surface area (Å²) in [6.45, 7) is 0. The highest BCUT2D eigenvalue weighted by molar-refractivity contribution is 6.10. The van der Waals surface area contributed by atoms with Gasteiger partial charge < -0.3 is 9.32 Å². The Morgan fingerprint density at radius 1 is 0.455 bits per heavy atom. The molecule has 208 valence electrons. The van der Waals surface area contributed by atoms with Crippen LogP contribution in [0.1, 0.15) is 22.3 Å². The Hall–Kier alpha value is -5.60. The largest absolute Gasteiger partial charge is 0.456 e. The summed E-state index contributed by atoms with van der Waals surface area (Å²) >= 11 is 0. The molecule has 0 aliphatic heterocycles. The Morgan fingerprint density at radius 3 is 1.80 bits per heavy atom. The summed E-state index contributed by atoms with van der Waals surface area (Å²) in [7, 11) is 2.14. The maximum absolute atomic E-state index is 6.42. The fraction of sp³-hybridized carbons (Fsp3) is 0.0476. The molecule has 0 radical (unpaired) electrons. The van der Waals surface area contributed by atoms with Crippen LogP contribution in [0.25, 0.3) is 43.8 Å². The lowest BCUT2D eigenvalue weighted by Crippen LogP contribution is -2.28. The minimum absolute atomic E-state index is 0.421. The highest BCUT2D eigenvalue weighted by Crippen LogP contribution is 2.56. The Labute approximate surface area is 256 Å². The van der Waals surface area contributed by atoms with Crippen LogP contribution in [-0.4, -0.2) is 7.05 Å². The predicted octanol–water partition coefficient (Wildman–Crippen LogP) is 10.9. The van der Waals surface area contributed by atoms with E-state index in [-0.39, 0.29) is 0 Å². The van der Waals surface area contributed by atoms with Gasteiger partial charge in [-0.3, -0.25) is 0 Å². The van der Waals surface area contributed by atoms with Gasteiger partial charge in [0.15, 0.2) is 0 Å². The molecule has 0 unspecified atom stereocenters. The number of hydrogen-bond acceptors (Lipinski definition) is 2. The van der Waals surface area contributed by atoms with Crippen LogP contribution >= 0.6 is 0 Å². The van der Waals surface area contributed by atoms with E-state index in [1.165, 1.54) is 44.2 Å². The number of fused-ring (bicyclic) bond motifs is 7. The van der Waals surface area contributed by atoms with Crippen LogP contribution in [0, 0.1) is 0 Å². The zero-order valence-corrected chi connectivity index (χ0v) is 24.4. The summed E-state index contributed by atoms with van der Waals surface area (Å²) in [5.41, 5.74) is 11.4. The molecule has 9 rings (SSSR count). The summed E-state index contributed by atoms with van der Waals surface area (Å²) in [4.78, 5) is 2.26. The third-order valence-corrected chi connectivity index (χ3v) is 9.54. The molecule has 1 heterocycles. The molecular weight excluding hydrogens is 534 g/mol. The van der Waals surface area contributed by atoms with Crippen molar-refractivity contribution < 1.29 is 4.42 Å². The first-order chi connectivity index (χ1) is 21.7. The first kappa shape index (κ1) is 24.9. The summed E-state index contributed by atoms with van der Waals surface area (Å²) < 4.78 is 6.42. The second kappa shape index (κ2) is 9.45. The van der Waals surface area contributed by atoms with E-state index in [9.17, 15) is 0 Å². The number of hydrogen-bond donors (Lipinski definition) is 0. The zero-order valence-electron chi connectivity index (χ0n) is 24.4. The van der Waals surface area contributed by atoms with Crippen molar-refractivity contribution in [2.24, 2.45) is 0 Å². The van der Waals surface area contributed by atoms with Crippen molar-refractivity contribution in [3.05, 3.63) is 180 Å². The summed E-state index contributed by atoms with van der Waals surface area (Å²) in [6.07, 6.45) is 0. The molecular formula is C42H29NO. The fourth-order valence-corrected chi connectivity index (χ4v) is 7.47. The Bertz CT molecular complexity index is 2320. The summed E-state index contributed by atoms with van der Waals surface area (Å²) in [6, 6.07) is 57.2. The Balaban J connectivity index is 1.20. The third-order valence-electron chi connectivity index (χ3n) is 9.54. The molecule has 0 saturated carbocycles. The number of benzene rings is 7. The van der Waals surface area contributed by atoms with Gasteiger partial charge in [-0.05, 0) is 80.6 Å². The van der Waals surface area contributed by atoms with Gasteiger partial charge in [-0.1, -0.05) is 115 Å². The predicted molar refractivity (Wildman–Crippen MR) is 183 cm³/mol. The van der Waals surface area contributed by atoms with Gasteiger partial charge in [-0.15, -0.1) is 0 Å². The minimum atomic E-state index is -0.421. The summed E-state index contributed by atoms with van der Waals surface area (Å²) in [5, 5.41) is 4.70. The van der Waals surface area contributed by atoms with Crippen LogP contribution in [0.5, 0.6) is 0 Å². The molecule has 2 nitrogen and oxygen atoms in total. The van der Waals surface area contributed by atoms with Gasteiger partial charge in [-0.25, -0.2) is 0 Å². The molecule has 8 aromatic rings. The molecule has 44 heavy (non-hydrogen) atoms. The van der Waals surface area contributed by atoms with Gasteiger partial charge in [0.05, 0.1) is 5.41 Å². The van der Waals surface area contributed by atoms with Gasteiger partial charge >= 0.3 is 0 Å². The zero-order chi connectivity index (χ0) is 29.3. The second-order valence-corrected chi connectivity index (χ2v) is 11.8. The lowest BCUT2D eigenvalue weighted by atomic mass is 9.67. The molecule has 0 fully saturated rings. The quantitative estimate of drug-likeness (QED) is 0.212. The van der Waals surface area contributed by atoms with Crippen molar-refractivity contribution >= 4 is 44.1 Å². The average Bonchev–Trinajstić information content (AvgIpc) is 3.60. The highest BCUT2D eigenvalue weighted by atomic mass is 16.3. The van der Waals surface area contributed by atoms with Gasteiger partial charge in [0, 0.05) is 35.3 Å². The fourth-order valence-electron chi connectivity index (χ4n) is 7.47. The lowest BCUT2D eigenvalue weighted by molar-refractivity contribution is 0.669. The van der Waals surface area contributed by atoms with Crippen LogP contribution < -0.4 is 4.90 Å². The van der Waals surface area contributed by atoms with Gasteiger partial charge in [0.2, 0.25) is 0 Å². The third kappa shape index (κ3) is 3.49. The standard InChI is InChI=1S/C42H29NO/c1-43(33-22-23-36-37-24-28-12-5-6-13-29(28)25-40(37)44-41(36)27-33)32-17-11-16-31(26-32)42(30-14-3-2-4-15-30)38-20-9-7-18-34(38)35-19-8-10-21-39(35)42/h2-27H,1H3. The number of anilines is 2. The van der Waals surface area contributed by atoms with Crippen molar-refractivity contribution in [1.29, 1.82) is 0 Å². The molecule has 0 saturated heterocycles. The average molecular weight is 564 g/mol. The van der Waals surface area contributed by atoms with E-state index in [0.717, 1.165) is 33.3 Å². The molecule has 0 atom stereocenters. The topological polar surface area (TPSA) is 16.4 Å². The van der Waals surface area contributed by atoms with E-state index >= 15 is 0 Å². The number of rotatable bonds is 4. The maximum Gasteiger partial charge on any atom is 0.137 e. The molecule has 0 bridgehead atoms. The van der Waals surface area contributed by atoms with E-state index in [1.807, 2.05) is 0 Å². The minimum Gasteiger partial charge on any atom is -0.456 e. The SMILES string of the molecule is CN(c1cccc(C2(c3ccccc3)c3ccccc3-c3ccccc32)c1)c1ccc2c(c1)oc1cc3ccccc3cc12. The van der Waals surface area contributed by atoms with Crippen molar-refractivity contribution in [2.45, 2.75) is 5.41 Å². The Morgan fingerprint density at radius 2 is 1.05 bits per heavy atom. The van der Waals surface area contributed by atoms with Gasteiger partial charge in [0.25, 0.3) is 0 Å². The van der Waals surface area contributed by atoms with E-state index in [1.54, 1.807) is 0 Å². The normalized spacial score (nSPS) is 13.3. The molecule has 7 aromatic carbocycles. The van der Waals surface area contributed by atoms with Gasteiger partial charge in [0.1, 0.15) is 11.2 Å². The first-order valence-corrected chi connectivity index (χ1v) is 15.2. The van der Waals surface area contributed by atoms with Crippen LogP contribution in [0.2, 0.25) is 0 Å². The monoisotopic (exact) mass is 563 g/mol. The van der Waals surface area contributed by atoms with Crippen LogP contribution in [-0.2, 0) is 5.41 Å². The highest BCUT2D eigenvalue weighted by Gasteiger charge is 2.45. The molecule has 0 N–H and O–H groups in total. The summed E-state index contributed by atoms with van der Waals surface area (Å²) in [5.74, 6) is 0. The van der Waals surface area contributed by atoms with Crippen LogP contribution in [0.3, 0.4) is 0 Å². The van der Waals surface area contributed by atoms with E-state index in [0.29, 0.717) is 0 Å². The lowest BCUT2D eigenvalue weighted by Gasteiger charge is -2.34. The second-order valence-electron chi connectivity index (χ2n) is 11.8. The van der Waals surface area contributed by atoms with Crippen LogP contribution in [0.4, 0.5) is 11.4 Å². The molecule has 1 aromatic heterocycles. The van der Waals surface area contributed by atoms with Crippen molar-refractivity contribution in [1.82, 2.24) is 0 Å². The van der Waals surface area contributed by atoms with Crippen molar-refractivity contribution in [2.75, 3.05) is 11.9 Å². The van der Waals surface area contributed by atoms with E-state index in [2.05, 4.69) is 170 Å². The molecule has 1 aliphatic rings. The molecule has 0 spiro atoms. The maximum atomic E-state index is 6.42. The van der Waals surface area contributed by atoms with Crippen molar-refractivity contribution in [3.8, 4) is 11.1 Å². The number of furan rings is 1. The molecule has 0 amide bonds. The smallest absolute Gasteiger partial charge is 0.137 e. The molecule has 1 aliphatic carbocycles. The van der Waals surface area contributed by atoms with Crippen molar-refractivity contribution in [3.63, 3.8) is 0 Å². The van der Waals surface area contributed by atoms with E-state index in [4.69, 9.17) is 4.42 Å².